The molecule has 1 aliphatic rings. The first kappa shape index (κ1) is 16.8. The van der Waals surface area contributed by atoms with Crippen molar-refractivity contribution in [3.8, 4) is 5.75 Å². The quantitative estimate of drug-likeness (QED) is 0.818. The topological polar surface area (TPSA) is 38.3 Å². The number of carbonyl (C=O) groups excluding carboxylic acids is 1. The largest absolute Gasteiger partial charge is 0.493 e. The van der Waals surface area contributed by atoms with Gasteiger partial charge in [0.05, 0.1) is 12.1 Å². The molecule has 3 rings (SSSR count). The standard InChI is InChI=1S/C20H22ClNO2/c1-14(2)13-24-18-8-3-5-15(11-18)19(23)22-20(9-10-20)16-6-4-7-17(21)12-16/h3-8,11-12,14H,9-10,13H2,1-2H3,(H,22,23). The maximum absolute atomic E-state index is 12.6. The zero-order valence-corrected chi connectivity index (χ0v) is 14.8. The summed E-state index contributed by atoms with van der Waals surface area (Å²) in [5.74, 6) is 1.09. The summed E-state index contributed by atoms with van der Waals surface area (Å²) in [6, 6.07) is 15.0. The van der Waals surface area contributed by atoms with Crippen LogP contribution in [0.5, 0.6) is 5.75 Å². The molecule has 0 unspecified atom stereocenters. The van der Waals surface area contributed by atoms with Crippen molar-refractivity contribution in [1.82, 2.24) is 5.32 Å². The average molecular weight is 344 g/mol. The van der Waals surface area contributed by atoms with Crippen molar-refractivity contribution in [2.75, 3.05) is 6.61 Å². The van der Waals surface area contributed by atoms with Crippen LogP contribution in [0.2, 0.25) is 5.02 Å². The Morgan fingerprint density at radius 1 is 1.21 bits per heavy atom. The highest BCUT2D eigenvalue weighted by Gasteiger charge is 2.45. The predicted octanol–water partition coefficient (Wildman–Crippen LogP) is 4.79. The van der Waals surface area contributed by atoms with Crippen molar-refractivity contribution in [2.45, 2.75) is 32.2 Å². The highest BCUT2D eigenvalue weighted by Crippen LogP contribution is 2.46. The second-order valence-electron chi connectivity index (χ2n) is 6.78. The number of ether oxygens (including phenoxy) is 1. The zero-order chi connectivity index (χ0) is 17.2. The number of hydrogen-bond acceptors (Lipinski definition) is 2. The third-order valence-electron chi connectivity index (χ3n) is 4.16. The van der Waals surface area contributed by atoms with Gasteiger partial charge >= 0.3 is 0 Å². The zero-order valence-electron chi connectivity index (χ0n) is 14.0. The molecule has 24 heavy (non-hydrogen) atoms. The molecule has 3 nitrogen and oxygen atoms in total. The Balaban J connectivity index is 1.72. The van der Waals surface area contributed by atoms with Crippen LogP contribution in [-0.2, 0) is 5.54 Å². The Bertz CT molecular complexity index is 738. The van der Waals surface area contributed by atoms with Crippen molar-refractivity contribution >= 4 is 17.5 Å². The smallest absolute Gasteiger partial charge is 0.252 e. The molecule has 0 atom stereocenters. The number of rotatable bonds is 6. The fourth-order valence-electron chi connectivity index (χ4n) is 2.68. The molecular weight excluding hydrogens is 322 g/mol. The van der Waals surface area contributed by atoms with Crippen LogP contribution in [0, 0.1) is 5.92 Å². The molecule has 0 aromatic heterocycles. The van der Waals surface area contributed by atoms with E-state index in [-0.39, 0.29) is 11.4 Å². The monoisotopic (exact) mass is 343 g/mol. The van der Waals surface area contributed by atoms with Gasteiger partial charge in [-0.25, -0.2) is 0 Å². The molecule has 0 spiro atoms. The minimum Gasteiger partial charge on any atom is -0.493 e. The van der Waals surface area contributed by atoms with Crippen molar-refractivity contribution in [2.24, 2.45) is 5.92 Å². The summed E-state index contributed by atoms with van der Waals surface area (Å²) in [6.45, 7) is 4.83. The van der Waals surface area contributed by atoms with Gasteiger partial charge in [0.25, 0.3) is 5.91 Å². The van der Waals surface area contributed by atoms with E-state index in [1.807, 2.05) is 42.5 Å². The van der Waals surface area contributed by atoms with Crippen molar-refractivity contribution in [3.63, 3.8) is 0 Å². The third kappa shape index (κ3) is 3.90. The predicted molar refractivity (Wildman–Crippen MR) is 96.6 cm³/mol. The van der Waals surface area contributed by atoms with Gasteiger partial charge in [-0.15, -0.1) is 0 Å². The molecule has 0 radical (unpaired) electrons. The van der Waals surface area contributed by atoms with Gasteiger partial charge in [0.15, 0.2) is 0 Å². The first-order valence-corrected chi connectivity index (χ1v) is 8.68. The first-order chi connectivity index (χ1) is 11.5. The van der Waals surface area contributed by atoms with Gasteiger partial charge in [-0.2, -0.15) is 0 Å². The Hall–Kier alpha value is -2.00. The van der Waals surface area contributed by atoms with E-state index in [1.54, 1.807) is 6.07 Å². The lowest BCUT2D eigenvalue weighted by Crippen LogP contribution is -2.34. The average Bonchev–Trinajstić information content (AvgIpc) is 3.34. The molecule has 0 saturated heterocycles. The Morgan fingerprint density at radius 2 is 1.96 bits per heavy atom. The van der Waals surface area contributed by atoms with Crippen molar-refractivity contribution in [3.05, 3.63) is 64.7 Å². The summed E-state index contributed by atoms with van der Waals surface area (Å²) in [6.07, 6.45) is 1.87. The molecular formula is C20H22ClNO2. The van der Waals surface area contributed by atoms with E-state index in [4.69, 9.17) is 16.3 Å². The second-order valence-corrected chi connectivity index (χ2v) is 7.22. The number of amides is 1. The minimum atomic E-state index is -0.281. The number of hydrogen-bond donors (Lipinski definition) is 1. The molecule has 1 fully saturated rings. The summed E-state index contributed by atoms with van der Waals surface area (Å²) in [5.41, 5.74) is 1.40. The van der Waals surface area contributed by atoms with E-state index >= 15 is 0 Å². The fourth-order valence-corrected chi connectivity index (χ4v) is 2.87. The van der Waals surface area contributed by atoms with Gasteiger partial charge in [-0.3, -0.25) is 4.79 Å². The molecule has 4 heteroatoms. The molecule has 2 aromatic carbocycles. The third-order valence-corrected chi connectivity index (χ3v) is 4.39. The van der Waals surface area contributed by atoms with Crippen molar-refractivity contribution in [1.29, 1.82) is 0 Å². The molecule has 1 N–H and O–H groups in total. The summed E-state index contributed by atoms with van der Waals surface area (Å²) in [4.78, 5) is 12.6. The number of carbonyl (C=O) groups is 1. The second kappa shape index (κ2) is 6.86. The summed E-state index contributed by atoms with van der Waals surface area (Å²) in [7, 11) is 0. The highest BCUT2D eigenvalue weighted by atomic mass is 35.5. The molecule has 0 bridgehead atoms. The maximum Gasteiger partial charge on any atom is 0.252 e. The molecule has 126 valence electrons. The van der Waals surface area contributed by atoms with E-state index in [0.29, 0.717) is 23.1 Å². The Morgan fingerprint density at radius 3 is 2.62 bits per heavy atom. The van der Waals surface area contributed by atoms with Crippen LogP contribution in [0.15, 0.2) is 48.5 Å². The van der Waals surface area contributed by atoms with Crippen LogP contribution < -0.4 is 10.1 Å². The van der Waals surface area contributed by atoms with Crippen LogP contribution in [-0.4, -0.2) is 12.5 Å². The van der Waals surface area contributed by atoms with Crippen LogP contribution in [0.4, 0.5) is 0 Å². The molecule has 1 aliphatic carbocycles. The fraction of sp³-hybridized carbons (Fsp3) is 0.350. The number of halogens is 1. The maximum atomic E-state index is 12.6. The van der Waals surface area contributed by atoms with E-state index in [9.17, 15) is 4.79 Å². The molecule has 2 aromatic rings. The first-order valence-electron chi connectivity index (χ1n) is 8.30. The lowest BCUT2D eigenvalue weighted by molar-refractivity contribution is 0.0930. The van der Waals surface area contributed by atoms with Gasteiger partial charge < -0.3 is 10.1 Å². The van der Waals surface area contributed by atoms with E-state index in [2.05, 4.69) is 19.2 Å². The van der Waals surface area contributed by atoms with Crippen LogP contribution >= 0.6 is 11.6 Å². The number of benzene rings is 2. The molecule has 1 saturated carbocycles. The van der Waals surface area contributed by atoms with Crippen LogP contribution in [0.25, 0.3) is 0 Å². The Kier molecular flexibility index (Phi) is 4.81. The SMILES string of the molecule is CC(C)COc1cccc(C(=O)NC2(c3cccc(Cl)c3)CC2)c1. The van der Waals surface area contributed by atoms with Gasteiger partial charge in [0, 0.05) is 10.6 Å². The molecule has 1 amide bonds. The van der Waals surface area contributed by atoms with Gasteiger partial charge in [0.2, 0.25) is 0 Å². The lowest BCUT2D eigenvalue weighted by Gasteiger charge is -2.18. The van der Waals surface area contributed by atoms with Gasteiger partial charge in [-0.05, 0) is 54.7 Å². The molecule has 0 heterocycles. The minimum absolute atomic E-state index is 0.0810. The van der Waals surface area contributed by atoms with Crippen LogP contribution in [0.1, 0.15) is 42.6 Å². The summed E-state index contributed by atoms with van der Waals surface area (Å²) in [5, 5.41) is 3.86. The van der Waals surface area contributed by atoms with Crippen molar-refractivity contribution < 1.29 is 9.53 Å². The van der Waals surface area contributed by atoms with E-state index in [0.717, 1.165) is 24.2 Å². The van der Waals surface area contributed by atoms with Gasteiger partial charge in [0.1, 0.15) is 5.75 Å². The summed E-state index contributed by atoms with van der Waals surface area (Å²) >= 11 is 6.08. The molecule has 0 aliphatic heterocycles. The van der Waals surface area contributed by atoms with E-state index in [1.165, 1.54) is 0 Å². The lowest BCUT2D eigenvalue weighted by atomic mass is 10.0. The van der Waals surface area contributed by atoms with E-state index < -0.39 is 0 Å². The highest BCUT2D eigenvalue weighted by molar-refractivity contribution is 6.30. The Labute approximate surface area is 148 Å². The summed E-state index contributed by atoms with van der Waals surface area (Å²) < 4.78 is 5.71. The normalized spacial score (nSPS) is 15.2. The number of nitrogens with one attached hydrogen (secondary N) is 1. The van der Waals surface area contributed by atoms with Crippen LogP contribution in [0.3, 0.4) is 0 Å². The van der Waals surface area contributed by atoms with Gasteiger partial charge in [-0.1, -0.05) is 43.6 Å².